The highest BCUT2D eigenvalue weighted by atomic mass is 35.5. The Morgan fingerprint density at radius 2 is 1.62 bits per heavy atom. The van der Waals surface area contributed by atoms with E-state index in [4.69, 9.17) is 34.8 Å². The lowest BCUT2D eigenvalue weighted by atomic mass is 10.2. The number of anilines is 1. The van der Waals surface area contributed by atoms with Crippen LogP contribution in [0.5, 0.6) is 0 Å². The van der Waals surface area contributed by atoms with E-state index in [1.165, 1.54) is 50.5 Å². The molecule has 2 rings (SSSR count). The van der Waals surface area contributed by atoms with E-state index in [0.717, 1.165) is 4.31 Å². The molecule has 128 valence electrons. The van der Waals surface area contributed by atoms with Crippen LogP contribution in [-0.4, -0.2) is 32.7 Å². The van der Waals surface area contributed by atoms with Crippen LogP contribution in [0.2, 0.25) is 15.1 Å². The molecule has 0 aromatic heterocycles. The minimum atomic E-state index is -3.64. The summed E-state index contributed by atoms with van der Waals surface area (Å²) in [6, 6.07) is 8.52. The highest BCUT2D eigenvalue weighted by Crippen LogP contribution is 2.32. The molecule has 0 atom stereocenters. The second-order valence-electron chi connectivity index (χ2n) is 5.02. The lowest BCUT2D eigenvalue weighted by molar-refractivity contribution is 0.102. The number of carbonyl (C=O) groups is 1. The molecule has 2 aromatic carbocycles. The predicted octanol–water partition coefficient (Wildman–Crippen LogP) is 4.15. The first-order valence-electron chi connectivity index (χ1n) is 6.61. The van der Waals surface area contributed by atoms with Crippen LogP contribution in [0.1, 0.15) is 10.4 Å². The molecule has 5 nitrogen and oxygen atoms in total. The van der Waals surface area contributed by atoms with Gasteiger partial charge in [-0.05, 0) is 30.3 Å². The average Bonchev–Trinajstić information content (AvgIpc) is 2.52. The van der Waals surface area contributed by atoms with Gasteiger partial charge in [0.15, 0.2) is 0 Å². The number of carbonyl (C=O) groups excluding carboxylic acids is 1. The minimum absolute atomic E-state index is 0.0142. The SMILES string of the molecule is CN(C)S(=O)(=O)c1cccc(C(=O)Nc2cc(Cl)c(Cl)cc2Cl)c1. The van der Waals surface area contributed by atoms with Crippen molar-refractivity contribution in [1.29, 1.82) is 0 Å². The molecule has 0 aliphatic heterocycles. The van der Waals surface area contributed by atoms with Gasteiger partial charge < -0.3 is 5.32 Å². The number of nitrogens with one attached hydrogen (secondary N) is 1. The summed E-state index contributed by atoms with van der Waals surface area (Å²) in [6.45, 7) is 0. The van der Waals surface area contributed by atoms with E-state index in [2.05, 4.69) is 5.32 Å². The number of hydrogen-bond donors (Lipinski definition) is 1. The summed E-state index contributed by atoms with van der Waals surface area (Å²) in [5.41, 5.74) is 0.442. The summed E-state index contributed by atoms with van der Waals surface area (Å²) < 4.78 is 25.4. The molecule has 0 aliphatic carbocycles. The van der Waals surface area contributed by atoms with E-state index >= 15 is 0 Å². The normalized spacial score (nSPS) is 11.6. The molecule has 0 heterocycles. The number of halogens is 3. The van der Waals surface area contributed by atoms with Crippen LogP contribution in [0.3, 0.4) is 0 Å². The zero-order valence-electron chi connectivity index (χ0n) is 12.7. The Morgan fingerprint density at radius 1 is 1.00 bits per heavy atom. The molecule has 0 aliphatic rings. The summed E-state index contributed by atoms with van der Waals surface area (Å²) in [6.07, 6.45) is 0. The second-order valence-corrected chi connectivity index (χ2v) is 8.39. The molecule has 0 bridgehead atoms. The molecule has 1 amide bonds. The fraction of sp³-hybridized carbons (Fsp3) is 0.133. The first-order chi connectivity index (χ1) is 11.1. The zero-order valence-corrected chi connectivity index (χ0v) is 15.8. The van der Waals surface area contributed by atoms with Crippen molar-refractivity contribution in [3.63, 3.8) is 0 Å². The van der Waals surface area contributed by atoms with Crippen molar-refractivity contribution in [2.75, 3.05) is 19.4 Å². The van der Waals surface area contributed by atoms with Crippen LogP contribution in [0.25, 0.3) is 0 Å². The Labute approximate surface area is 155 Å². The van der Waals surface area contributed by atoms with Gasteiger partial charge >= 0.3 is 0 Å². The lowest BCUT2D eigenvalue weighted by Gasteiger charge is -2.13. The summed E-state index contributed by atoms with van der Waals surface area (Å²) in [5.74, 6) is -0.522. The number of nitrogens with zero attached hydrogens (tertiary/aromatic N) is 1. The highest BCUT2D eigenvalue weighted by Gasteiger charge is 2.19. The number of sulfonamides is 1. The minimum Gasteiger partial charge on any atom is -0.321 e. The molecular weight excluding hydrogens is 395 g/mol. The third-order valence-corrected chi connectivity index (χ3v) is 5.98. The zero-order chi connectivity index (χ0) is 18.1. The molecule has 0 saturated heterocycles. The first kappa shape index (κ1) is 19.0. The molecule has 0 unspecified atom stereocenters. The van der Waals surface area contributed by atoms with E-state index < -0.39 is 15.9 Å². The van der Waals surface area contributed by atoms with Gasteiger partial charge in [0.1, 0.15) is 0 Å². The molecular formula is C15H13Cl3N2O3S. The molecule has 2 aromatic rings. The molecule has 0 spiro atoms. The van der Waals surface area contributed by atoms with Gasteiger partial charge in [-0.15, -0.1) is 0 Å². The van der Waals surface area contributed by atoms with E-state index in [-0.39, 0.29) is 31.2 Å². The Balaban J connectivity index is 2.34. The van der Waals surface area contributed by atoms with Crippen LogP contribution in [-0.2, 0) is 10.0 Å². The molecule has 24 heavy (non-hydrogen) atoms. The van der Waals surface area contributed by atoms with Crippen LogP contribution < -0.4 is 5.32 Å². The standard InChI is InChI=1S/C15H13Cl3N2O3S/c1-20(2)24(22,23)10-5-3-4-9(6-10)15(21)19-14-8-12(17)11(16)7-13(14)18/h3-8H,1-2H3,(H,19,21). The maximum absolute atomic E-state index is 12.4. The van der Waals surface area contributed by atoms with Gasteiger partial charge in [-0.2, -0.15) is 0 Å². The molecule has 0 saturated carbocycles. The van der Waals surface area contributed by atoms with Gasteiger partial charge in [-0.25, -0.2) is 12.7 Å². The van der Waals surface area contributed by atoms with Gasteiger partial charge in [0.2, 0.25) is 10.0 Å². The maximum atomic E-state index is 12.4. The van der Waals surface area contributed by atoms with Crippen LogP contribution in [0, 0.1) is 0 Å². The Morgan fingerprint density at radius 3 is 2.25 bits per heavy atom. The average molecular weight is 408 g/mol. The molecule has 9 heteroatoms. The molecule has 1 N–H and O–H groups in total. The molecule has 0 fully saturated rings. The van der Waals surface area contributed by atoms with Crippen LogP contribution >= 0.6 is 34.8 Å². The summed E-state index contributed by atoms with van der Waals surface area (Å²) in [4.78, 5) is 12.4. The summed E-state index contributed by atoms with van der Waals surface area (Å²) >= 11 is 17.8. The monoisotopic (exact) mass is 406 g/mol. The number of amides is 1. The molecule has 0 radical (unpaired) electrons. The van der Waals surface area contributed by atoms with Crippen LogP contribution in [0.4, 0.5) is 5.69 Å². The largest absolute Gasteiger partial charge is 0.321 e. The van der Waals surface area contributed by atoms with Crippen molar-refractivity contribution in [1.82, 2.24) is 4.31 Å². The summed E-state index contributed by atoms with van der Waals surface area (Å²) in [7, 11) is -0.809. The summed E-state index contributed by atoms with van der Waals surface area (Å²) in [5, 5.41) is 3.30. The van der Waals surface area contributed by atoms with Crippen molar-refractivity contribution in [2.45, 2.75) is 4.90 Å². The number of rotatable bonds is 4. The number of hydrogen-bond acceptors (Lipinski definition) is 3. The van der Waals surface area contributed by atoms with Crippen molar-refractivity contribution < 1.29 is 13.2 Å². The second kappa shape index (κ2) is 7.29. The van der Waals surface area contributed by atoms with Crippen LogP contribution in [0.15, 0.2) is 41.3 Å². The van der Waals surface area contributed by atoms with Crippen molar-refractivity contribution >= 4 is 56.4 Å². The Bertz CT molecular complexity index is 899. The van der Waals surface area contributed by atoms with Gasteiger partial charge in [0.05, 0.1) is 25.7 Å². The third kappa shape index (κ3) is 4.02. The Kier molecular flexibility index (Phi) is 5.78. The van der Waals surface area contributed by atoms with Crippen molar-refractivity contribution in [2.24, 2.45) is 0 Å². The fourth-order valence-electron chi connectivity index (χ4n) is 1.82. The lowest BCUT2D eigenvalue weighted by Crippen LogP contribution is -2.22. The van der Waals surface area contributed by atoms with E-state index in [9.17, 15) is 13.2 Å². The van der Waals surface area contributed by atoms with Gasteiger partial charge in [0.25, 0.3) is 5.91 Å². The van der Waals surface area contributed by atoms with Gasteiger partial charge in [-0.1, -0.05) is 40.9 Å². The first-order valence-corrected chi connectivity index (χ1v) is 9.19. The smallest absolute Gasteiger partial charge is 0.255 e. The Hall–Kier alpha value is -1.31. The van der Waals surface area contributed by atoms with E-state index in [1.807, 2.05) is 0 Å². The van der Waals surface area contributed by atoms with Gasteiger partial charge in [-0.3, -0.25) is 4.79 Å². The number of benzene rings is 2. The third-order valence-electron chi connectivity index (χ3n) is 3.13. The van der Waals surface area contributed by atoms with Gasteiger partial charge in [0, 0.05) is 19.7 Å². The fourth-order valence-corrected chi connectivity index (χ4v) is 3.36. The van der Waals surface area contributed by atoms with E-state index in [1.54, 1.807) is 0 Å². The topological polar surface area (TPSA) is 66.5 Å². The predicted molar refractivity (Wildman–Crippen MR) is 96.7 cm³/mol. The van der Waals surface area contributed by atoms with E-state index in [0.29, 0.717) is 0 Å². The van der Waals surface area contributed by atoms with Crippen molar-refractivity contribution in [3.05, 3.63) is 57.0 Å². The maximum Gasteiger partial charge on any atom is 0.255 e. The highest BCUT2D eigenvalue weighted by molar-refractivity contribution is 7.89. The van der Waals surface area contributed by atoms with Crippen molar-refractivity contribution in [3.8, 4) is 0 Å². The quantitative estimate of drug-likeness (QED) is 0.774.